The Balaban J connectivity index is 1.90. The van der Waals surface area contributed by atoms with E-state index in [2.05, 4.69) is 17.5 Å². The molecule has 5 nitrogen and oxygen atoms in total. The summed E-state index contributed by atoms with van der Waals surface area (Å²) in [5.74, 6) is 0.538. The molecule has 0 aliphatic carbocycles. The minimum atomic E-state index is -0.658. The van der Waals surface area contributed by atoms with Crippen molar-refractivity contribution in [3.8, 4) is 11.8 Å². The van der Waals surface area contributed by atoms with Crippen molar-refractivity contribution in [1.29, 1.82) is 5.26 Å². The van der Waals surface area contributed by atoms with Gasteiger partial charge < -0.3 is 14.8 Å². The molecule has 0 saturated carbocycles. The lowest BCUT2D eigenvalue weighted by atomic mass is 9.73. The van der Waals surface area contributed by atoms with Gasteiger partial charge in [0, 0.05) is 13.2 Å². The third kappa shape index (κ3) is 4.18. The zero-order valence-corrected chi connectivity index (χ0v) is 16.5. The first kappa shape index (κ1) is 19.9. The Bertz CT molecular complexity index is 880. The monoisotopic (exact) mass is 378 g/mol. The molecule has 1 fully saturated rings. The van der Waals surface area contributed by atoms with E-state index in [1.54, 1.807) is 18.2 Å². The number of carbonyl (C=O) groups is 1. The molecule has 2 aromatic rings. The van der Waals surface area contributed by atoms with Crippen molar-refractivity contribution in [3.63, 3.8) is 0 Å². The van der Waals surface area contributed by atoms with Gasteiger partial charge in [-0.2, -0.15) is 5.26 Å². The van der Waals surface area contributed by atoms with Crippen LogP contribution in [0, 0.1) is 18.3 Å². The van der Waals surface area contributed by atoms with Gasteiger partial charge in [0.05, 0.1) is 23.3 Å². The number of rotatable bonds is 6. The maximum absolute atomic E-state index is 13.4. The fraction of sp³-hybridized carbons (Fsp3) is 0.391. The molecule has 0 atom stereocenters. The predicted molar refractivity (Wildman–Crippen MR) is 108 cm³/mol. The molecular weight excluding hydrogens is 352 g/mol. The van der Waals surface area contributed by atoms with Gasteiger partial charge in [-0.05, 0) is 49.9 Å². The first-order chi connectivity index (χ1) is 13.6. The number of nitrogens with zero attached hydrogens (tertiary/aromatic N) is 1. The Labute approximate surface area is 166 Å². The van der Waals surface area contributed by atoms with Crippen molar-refractivity contribution < 1.29 is 14.3 Å². The highest BCUT2D eigenvalue weighted by atomic mass is 16.5. The van der Waals surface area contributed by atoms with Gasteiger partial charge in [-0.1, -0.05) is 36.8 Å². The van der Waals surface area contributed by atoms with Crippen LogP contribution in [0.15, 0.2) is 42.5 Å². The topological polar surface area (TPSA) is 71.3 Å². The molecule has 1 aliphatic heterocycles. The average Bonchev–Trinajstić information content (AvgIpc) is 2.73. The van der Waals surface area contributed by atoms with Gasteiger partial charge in [-0.3, -0.25) is 4.79 Å². The van der Waals surface area contributed by atoms with Crippen LogP contribution in [-0.2, 0) is 14.9 Å². The SMILES string of the molecule is CCCOc1ccc(NC(=O)C2(c3cccc(C)c3)CCOCC2)c(C#N)c1. The zero-order chi connectivity index (χ0) is 20.0. The third-order valence-corrected chi connectivity index (χ3v) is 5.18. The first-order valence-corrected chi connectivity index (χ1v) is 9.72. The first-order valence-electron chi connectivity index (χ1n) is 9.72. The lowest BCUT2D eigenvalue weighted by Gasteiger charge is -2.36. The van der Waals surface area contributed by atoms with E-state index in [0.29, 0.717) is 49.7 Å². The fourth-order valence-electron chi connectivity index (χ4n) is 3.59. The summed E-state index contributed by atoms with van der Waals surface area (Å²) in [7, 11) is 0. The van der Waals surface area contributed by atoms with Crippen molar-refractivity contribution in [2.75, 3.05) is 25.1 Å². The predicted octanol–water partition coefficient (Wildman–Crippen LogP) is 4.34. The van der Waals surface area contributed by atoms with Crippen molar-refractivity contribution in [2.24, 2.45) is 0 Å². The summed E-state index contributed by atoms with van der Waals surface area (Å²) in [6.07, 6.45) is 2.12. The van der Waals surface area contributed by atoms with E-state index < -0.39 is 5.41 Å². The molecule has 0 bridgehead atoms. The molecule has 146 valence electrons. The summed E-state index contributed by atoms with van der Waals surface area (Å²) in [4.78, 5) is 13.4. The number of ether oxygens (including phenoxy) is 2. The van der Waals surface area contributed by atoms with Gasteiger partial charge in [-0.25, -0.2) is 0 Å². The second-order valence-corrected chi connectivity index (χ2v) is 7.19. The van der Waals surface area contributed by atoms with Crippen LogP contribution in [0.5, 0.6) is 5.75 Å². The van der Waals surface area contributed by atoms with E-state index in [1.807, 2.05) is 32.0 Å². The Morgan fingerprint density at radius 1 is 1.25 bits per heavy atom. The Kier molecular flexibility index (Phi) is 6.33. The van der Waals surface area contributed by atoms with Crippen molar-refractivity contribution in [2.45, 2.75) is 38.5 Å². The minimum Gasteiger partial charge on any atom is -0.494 e. The molecule has 2 aromatic carbocycles. The smallest absolute Gasteiger partial charge is 0.235 e. The number of aryl methyl sites for hydroxylation is 1. The molecule has 3 rings (SSSR count). The summed E-state index contributed by atoms with van der Waals surface area (Å²) in [5.41, 5.74) is 2.36. The van der Waals surface area contributed by atoms with Gasteiger partial charge in [-0.15, -0.1) is 0 Å². The number of carbonyl (C=O) groups excluding carboxylic acids is 1. The van der Waals surface area contributed by atoms with Crippen molar-refractivity contribution >= 4 is 11.6 Å². The number of benzene rings is 2. The Morgan fingerprint density at radius 2 is 2.04 bits per heavy atom. The molecule has 0 unspecified atom stereocenters. The number of nitriles is 1. The molecular formula is C23H26N2O3. The summed E-state index contributed by atoms with van der Waals surface area (Å²) < 4.78 is 11.1. The van der Waals surface area contributed by atoms with Crippen molar-refractivity contribution in [1.82, 2.24) is 0 Å². The average molecular weight is 378 g/mol. The Morgan fingerprint density at radius 3 is 2.71 bits per heavy atom. The van der Waals surface area contributed by atoms with E-state index in [-0.39, 0.29) is 5.91 Å². The standard InChI is InChI=1S/C23H26N2O3/c1-3-11-28-20-7-8-21(18(15-20)16-24)25-22(26)23(9-12-27-13-10-23)19-6-4-5-17(2)14-19/h4-8,14-15H,3,9-13H2,1-2H3,(H,25,26). The maximum atomic E-state index is 13.4. The van der Waals surface area contributed by atoms with Gasteiger partial charge in [0.15, 0.2) is 0 Å². The highest BCUT2D eigenvalue weighted by Gasteiger charge is 2.42. The molecule has 0 spiro atoms. The van der Waals surface area contributed by atoms with Crippen LogP contribution in [0.1, 0.15) is 42.9 Å². The maximum Gasteiger partial charge on any atom is 0.235 e. The van der Waals surface area contributed by atoms with Crippen LogP contribution in [0.25, 0.3) is 0 Å². The van der Waals surface area contributed by atoms with Gasteiger partial charge in [0.1, 0.15) is 11.8 Å². The lowest BCUT2D eigenvalue weighted by Crippen LogP contribution is -2.45. The van der Waals surface area contributed by atoms with Crippen LogP contribution in [0.4, 0.5) is 5.69 Å². The molecule has 5 heteroatoms. The number of hydrogen-bond acceptors (Lipinski definition) is 4. The van der Waals surface area contributed by atoms with Crippen LogP contribution in [0.3, 0.4) is 0 Å². The number of amides is 1. The van der Waals surface area contributed by atoms with Gasteiger partial charge in [0.25, 0.3) is 0 Å². The Hall–Kier alpha value is -2.84. The highest BCUT2D eigenvalue weighted by molar-refractivity contribution is 6.00. The van der Waals surface area contributed by atoms with Gasteiger partial charge >= 0.3 is 0 Å². The fourth-order valence-corrected chi connectivity index (χ4v) is 3.59. The summed E-state index contributed by atoms with van der Waals surface area (Å²) in [6.45, 7) is 5.72. The van der Waals surface area contributed by atoms with E-state index in [1.165, 1.54) is 0 Å². The number of anilines is 1. The molecule has 1 N–H and O–H groups in total. The number of nitrogens with one attached hydrogen (secondary N) is 1. The zero-order valence-electron chi connectivity index (χ0n) is 16.5. The normalized spacial score (nSPS) is 15.5. The molecule has 28 heavy (non-hydrogen) atoms. The summed E-state index contributed by atoms with van der Waals surface area (Å²) in [6, 6.07) is 15.4. The van der Waals surface area contributed by atoms with Crippen LogP contribution in [0.2, 0.25) is 0 Å². The number of hydrogen-bond donors (Lipinski definition) is 1. The second kappa shape index (κ2) is 8.90. The van der Waals surface area contributed by atoms with Crippen molar-refractivity contribution in [3.05, 3.63) is 59.2 Å². The quantitative estimate of drug-likeness (QED) is 0.811. The summed E-state index contributed by atoms with van der Waals surface area (Å²) in [5, 5.41) is 12.5. The molecule has 0 aromatic heterocycles. The van der Waals surface area contributed by atoms with E-state index >= 15 is 0 Å². The summed E-state index contributed by atoms with van der Waals surface area (Å²) >= 11 is 0. The molecule has 1 heterocycles. The third-order valence-electron chi connectivity index (χ3n) is 5.18. The van der Waals surface area contributed by atoms with Gasteiger partial charge in [0.2, 0.25) is 5.91 Å². The molecule has 0 radical (unpaired) electrons. The molecule has 1 amide bonds. The van der Waals surface area contributed by atoms with Crippen LogP contribution >= 0.6 is 0 Å². The largest absolute Gasteiger partial charge is 0.494 e. The van der Waals surface area contributed by atoms with Crippen LogP contribution in [-0.4, -0.2) is 25.7 Å². The minimum absolute atomic E-state index is 0.0971. The second-order valence-electron chi connectivity index (χ2n) is 7.19. The highest BCUT2D eigenvalue weighted by Crippen LogP contribution is 2.37. The van der Waals surface area contributed by atoms with Crippen LogP contribution < -0.4 is 10.1 Å². The molecule has 1 aliphatic rings. The van der Waals surface area contributed by atoms with E-state index in [9.17, 15) is 10.1 Å². The van der Waals surface area contributed by atoms with E-state index in [0.717, 1.165) is 17.5 Å². The lowest BCUT2D eigenvalue weighted by molar-refractivity contribution is -0.125. The molecule has 1 saturated heterocycles. The van der Waals surface area contributed by atoms with E-state index in [4.69, 9.17) is 9.47 Å².